The SMILES string of the molecule is CN(C)CCCN(C(=O)c1ccc([N+](=O)[O-])cc1)c1nc2ccc(Cl)cc2s1.Cl. The van der Waals surface area contributed by atoms with Gasteiger partial charge in [0.2, 0.25) is 0 Å². The van der Waals surface area contributed by atoms with Crippen molar-refractivity contribution in [3.05, 3.63) is 63.2 Å². The lowest BCUT2D eigenvalue weighted by atomic mass is 10.2. The topological polar surface area (TPSA) is 79.6 Å². The predicted molar refractivity (Wildman–Crippen MR) is 120 cm³/mol. The van der Waals surface area contributed by atoms with E-state index in [0.29, 0.717) is 22.3 Å². The Hall–Kier alpha value is -2.26. The molecule has 0 N–H and O–H groups in total. The Morgan fingerprint density at radius 1 is 1.17 bits per heavy atom. The van der Waals surface area contributed by atoms with E-state index in [1.165, 1.54) is 35.6 Å². The minimum Gasteiger partial charge on any atom is -0.309 e. The Kier molecular flexibility index (Phi) is 7.92. The number of non-ortho nitro benzene ring substituents is 1. The number of nitro groups is 1. The van der Waals surface area contributed by atoms with E-state index >= 15 is 0 Å². The van der Waals surface area contributed by atoms with Crippen LogP contribution in [0.4, 0.5) is 10.8 Å². The number of carbonyl (C=O) groups excluding carboxylic acids is 1. The van der Waals surface area contributed by atoms with Crippen LogP contribution in [0.2, 0.25) is 5.02 Å². The monoisotopic (exact) mass is 454 g/mol. The molecule has 0 radical (unpaired) electrons. The molecule has 0 aliphatic heterocycles. The van der Waals surface area contributed by atoms with E-state index < -0.39 is 4.92 Å². The molecule has 3 aromatic rings. The number of halogens is 2. The number of amides is 1. The number of anilines is 1. The molecule has 0 saturated heterocycles. The highest BCUT2D eigenvalue weighted by Crippen LogP contribution is 2.31. The van der Waals surface area contributed by atoms with Gasteiger partial charge in [-0.1, -0.05) is 22.9 Å². The third kappa shape index (κ3) is 5.63. The van der Waals surface area contributed by atoms with Gasteiger partial charge in [0.25, 0.3) is 11.6 Å². The molecule has 0 atom stereocenters. The molecule has 1 amide bonds. The smallest absolute Gasteiger partial charge is 0.269 e. The van der Waals surface area contributed by atoms with Crippen molar-refractivity contribution in [3.8, 4) is 0 Å². The maximum absolute atomic E-state index is 13.1. The third-order valence-electron chi connectivity index (χ3n) is 4.13. The van der Waals surface area contributed by atoms with Gasteiger partial charge in [0.05, 0.1) is 15.1 Å². The van der Waals surface area contributed by atoms with Crippen molar-refractivity contribution >= 4 is 62.3 Å². The molecule has 1 aromatic heterocycles. The van der Waals surface area contributed by atoms with Crippen molar-refractivity contribution in [1.82, 2.24) is 9.88 Å². The van der Waals surface area contributed by atoms with E-state index in [4.69, 9.17) is 11.6 Å². The summed E-state index contributed by atoms with van der Waals surface area (Å²) >= 11 is 7.46. The van der Waals surface area contributed by atoms with Crippen LogP contribution in [0.15, 0.2) is 42.5 Å². The molecule has 2 aromatic carbocycles. The number of nitrogens with zero attached hydrogens (tertiary/aromatic N) is 4. The van der Waals surface area contributed by atoms with Crippen LogP contribution in [0.25, 0.3) is 10.2 Å². The number of thiazole rings is 1. The molecule has 0 unspecified atom stereocenters. The normalized spacial score (nSPS) is 10.8. The van der Waals surface area contributed by atoms with E-state index in [0.717, 1.165) is 23.2 Å². The molecule has 0 aliphatic carbocycles. The fourth-order valence-corrected chi connectivity index (χ4v) is 3.98. The molecule has 1 heterocycles. The van der Waals surface area contributed by atoms with Gasteiger partial charge in [0.15, 0.2) is 5.13 Å². The minimum atomic E-state index is -0.486. The lowest BCUT2D eigenvalue weighted by Gasteiger charge is -2.21. The van der Waals surface area contributed by atoms with E-state index in [9.17, 15) is 14.9 Å². The number of hydrogen-bond acceptors (Lipinski definition) is 6. The molecule has 0 aliphatic rings. The van der Waals surface area contributed by atoms with Crippen LogP contribution in [0, 0.1) is 10.1 Å². The van der Waals surface area contributed by atoms with Crippen LogP contribution in [0.3, 0.4) is 0 Å². The highest BCUT2D eigenvalue weighted by atomic mass is 35.5. The van der Waals surface area contributed by atoms with Gasteiger partial charge in [0.1, 0.15) is 0 Å². The van der Waals surface area contributed by atoms with Crippen molar-refractivity contribution in [2.75, 3.05) is 32.1 Å². The lowest BCUT2D eigenvalue weighted by molar-refractivity contribution is -0.384. The number of nitro benzene ring substituents is 1. The van der Waals surface area contributed by atoms with Crippen molar-refractivity contribution in [1.29, 1.82) is 0 Å². The summed E-state index contributed by atoms with van der Waals surface area (Å²) in [4.78, 5) is 31.8. The second kappa shape index (κ2) is 9.98. The number of aromatic nitrogens is 1. The number of fused-ring (bicyclic) bond motifs is 1. The minimum absolute atomic E-state index is 0. The zero-order valence-electron chi connectivity index (χ0n) is 15.9. The van der Waals surface area contributed by atoms with Gasteiger partial charge < -0.3 is 4.90 Å². The molecule has 3 rings (SSSR count). The van der Waals surface area contributed by atoms with Crippen molar-refractivity contribution < 1.29 is 9.72 Å². The first-order valence-electron chi connectivity index (χ1n) is 8.62. The van der Waals surface area contributed by atoms with Crippen LogP contribution >= 0.6 is 35.3 Å². The number of benzene rings is 2. The molecular formula is C19H20Cl2N4O3S. The Labute approximate surface area is 183 Å². The van der Waals surface area contributed by atoms with Gasteiger partial charge in [-0.3, -0.25) is 19.8 Å². The zero-order valence-corrected chi connectivity index (χ0v) is 18.3. The lowest BCUT2D eigenvalue weighted by Crippen LogP contribution is -2.33. The summed E-state index contributed by atoms with van der Waals surface area (Å²) in [6.07, 6.45) is 0.766. The van der Waals surface area contributed by atoms with Gasteiger partial charge >= 0.3 is 0 Å². The number of carbonyl (C=O) groups is 1. The maximum atomic E-state index is 13.1. The Morgan fingerprint density at radius 3 is 2.48 bits per heavy atom. The molecule has 154 valence electrons. The molecule has 0 saturated carbocycles. The highest BCUT2D eigenvalue weighted by molar-refractivity contribution is 7.22. The first-order valence-corrected chi connectivity index (χ1v) is 9.82. The highest BCUT2D eigenvalue weighted by Gasteiger charge is 2.22. The van der Waals surface area contributed by atoms with Crippen LogP contribution in [-0.2, 0) is 0 Å². The van der Waals surface area contributed by atoms with Gasteiger partial charge in [-0.15, -0.1) is 12.4 Å². The van der Waals surface area contributed by atoms with E-state index in [1.54, 1.807) is 11.0 Å². The van der Waals surface area contributed by atoms with Gasteiger partial charge in [-0.05, 0) is 57.4 Å². The summed E-state index contributed by atoms with van der Waals surface area (Å²) in [5, 5.41) is 12.1. The van der Waals surface area contributed by atoms with Crippen LogP contribution in [0.5, 0.6) is 0 Å². The summed E-state index contributed by atoms with van der Waals surface area (Å²) in [5.74, 6) is -0.237. The summed E-state index contributed by atoms with van der Waals surface area (Å²) in [6, 6.07) is 11.0. The number of rotatable bonds is 7. The first-order chi connectivity index (χ1) is 13.3. The standard InChI is InChI=1S/C19H19ClN4O3S.ClH/c1-22(2)10-3-11-23(18(25)13-4-7-15(8-5-13)24(26)27)19-21-16-9-6-14(20)12-17(16)28-19;/h4-9,12H,3,10-11H2,1-2H3;1H. The molecule has 10 heteroatoms. The largest absolute Gasteiger partial charge is 0.309 e. The fourth-order valence-electron chi connectivity index (χ4n) is 2.71. The number of hydrogen-bond donors (Lipinski definition) is 0. The molecule has 0 fully saturated rings. The second-order valence-corrected chi connectivity index (χ2v) is 7.97. The molecule has 0 spiro atoms. The van der Waals surface area contributed by atoms with Gasteiger partial charge in [0, 0.05) is 29.3 Å². The average Bonchev–Trinajstić information content (AvgIpc) is 3.07. The average molecular weight is 455 g/mol. The van der Waals surface area contributed by atoms with E-state index in [1.807, 2.05) is 31.1 Å². The third-order valence-corrected chi connectivity index (χ3v) is 5.40. The Balaban J connectivity index is 0.00000300. The summed E-state index contributed by atoms with van der Waals surface area (Å²) in [7, 11) is 3.95. The quantitative estimate of drug-likeness (QED) is 0.375. The van der Waals surface area contributed by atoms with E-state index in [-0.39, 0.29) is 24.0 Å². The molecule has 0 bridgehead atoms. The fraction of sp³-hybridized carbons (Fsp3) is 0.263. The predicted octanol–water partition coefficient (Wildman–Crippen LogP) is 4.88. The van der Waals surface area contributed by atoms with E-state index in [2.05, 4.69) is 4.98 Å². The first kappa shape index (κ1) is 23.0. The van der Waals surface area contributed by atoms with Crippen LogP contribution < -0.4 is 4.90 Å². The summed E-state index contributed by atoms with van der Waals surface area (Å²) < 4.78 is 0.900. The second-order valence-electron chi connectivity index (χ2n) is 6.53. The van der Waals surface area contributed by atoms with Crippen molar-refractivity contribution in [2.24, 2.45) is 0 Å². The summed E-state index contributed by atoms with van der Waals surface area (Å²) in [5.41, 5.74) is 1.11. The molecule has 29 heavy (non-hydrogen) atoms. The van der Waals surface area contributed by atoms with Crippen LogP contribution in [-0.4, -0.2) is 47.9 Å². The van der Waals surface area contributed by atoms with Crippen LogP contribution in [0.1, 0.15) is 16.8 Å². The zero-order chi connectivity index (χ0) is 20.3. The molecular weight excluding hydrogens is 435 g/mol. The van der Waals surface area contributed by atoms with Gasteiger partial charge in [-0.2, -0.15) is 0 Å². The van der Waals surface area contributed by atoms with Crippen molar-refractivity contribution in [2.45, 2.75) is 6.42 Å². The maximum Gasteiger partial charge on any atom is 0.269 e. The molecule has 7 nitrogen and oxygen atoms in total. The van der Waals surface area contributed by atoms with Crippen molar-refractivity contribution in [3.63, 3.8) is 0 Å². The summed E-state index contributed by atoms with van der Waals surface area (Å²) in [6.45, 7) is 1.31. The Morgan fingerprint density at radius 2 is 1.86 bits per heavy atom. The Bertz CT molecular complexity index is 1010. The van der Waals surface area contributed by atoms with Gasteiger partial charge in [-0.25, -0.2) is 4.98 Å².